The second-order valence-corrected chi connectivity index (χ2v) is 5.75. The Balaban J connectivity index is 1.88. The van der Waals surface area contributed by atoms with Gasteiger partial charge in [0.2, 0.25) is 5.95 Å². The van der Waals surface area contributed by atoms with Gasteiger partial charge in [0.1, 0.15) is 0 Å². The summed E-state index contributed by atoms with van der Waals surface area (Å²) >= 11 is 0. The predicted octanol–water partition coefficient (Wildman–Crippen LogP) is 2.48. The van der Waals surface area contributed by atoms with Crippen LogP contribution in [0.4, 0.5) is 5.95 Å². The van der Waals surface area contributed by atoms with Crippen molar-refractivity contribution in [2.75, 3.05) is 18.5 Å². The molecule has 16 heavy (non-hydrogen) atoms. The topological polar surface area (TPSA) is 21.1 Å². The first-order chi connectivity index (χ1) is 7.65. The van der Waals surface area contributed by atoms with E-state index in [-0.39, 0.29) is 0 Å². The average Bonchev–Trinajstić information content (AvgIpc) is 2.97. The zero-order chi connectivity index (χ0) is 11.3. The summed E-state index contributed by atoms with van der Waals surface area (Å²) < 4.78 is 2.36. The van der Waals surface area contributed by atoms with Gasteiger partial charge in [-0.3, -0.25) is 0 Å². The quantitative estimate of drug-likeness (QED) is 0.762. The molecule has 0 amide bonds. The molecule has 88 valence electrons. The Labute approximate surface area is 97.5 Å². The van der Waals surface area contributed by atoms with E-state index in [0.717, 1.165) is 11.8 Å². The highest BCUT2D eigenvalue weighted by Crippen LogP contribution is 2.40. The van der Waals surface area contributed by atoms with Crippen molar-refractivity contribution in [2.45, 2.75) is 39.2 Å². The molecule has 1 aromatic heterocycles. The lowest BCUT2D eigenvalue weighted by Crippen LogP contribution is -2.36. The van der Waals surface area contributed by atoms with Crippen molar-refractivity contribution >= 4 is 5.95 Å². The Hall–Kier alpha value is -0.990. The Morgan fingerprint density at radius 2 is 2.00 bits per heavy atom. The maximum atomic E-state index is 4.73. The molecule has 0 N–H and O–H groups in total. The maximum absolute atomic E-state index is 4.73. The van der Waals surface area contributed by atoms with E-state index in [2.05, 4.69) is 36.6 Å². The minimum atomic E-state index is 0.533. The van der Waals surface area contributed by atoms with Gasteiger partial charge >= 0.3 is 0 Å². The largest absolute Gasteiger partial charge is 0.345 e. The van der Waals surface area contributed by atoms with Crippen molar-refractivity contribution in [3.8, 4) is 0 Å². The van der Waals surface area contributed by atoms with Gasteiger partial charge in [0.25, 0.3) is 0 Å². The zero-order valence-corrected chi connectivity index (χ0v) is 10.5. The summed E-state index contributed by atoms with van der Waals surface area (Å²) in [7, 11) is 2.18. The van der Waals surface area contributed by atoms with Gasteiger partial charge in [-0.2, -0.15) is 0 Å². The van der Waals surface area contributed by atoms with E-state index in [0.29, 0.717) is 5.92 Å². The summed E-state index contributed by atoms with van der Waals surface area (Å²) in [6.45, 7) is 6.81. The number of fused-ring (bicyclic) bond motifs is 1. The number of hydrogen-bond donors (Lipinski definition) is 0. The lowest BCUT2D eigenvalue weighted by Gasteiger charge is -2.31. The Kier molecular flexibility index (Phi) is 2.23. The smallest absolute Gasteiger partial charge is 0.205 e. The second-order valence-electron chi connectivity index (χ2n) is 5.75. The molecular formula is C13H21N3. The van der Waals surface area contributed by atoms with E-state index in [9.17, 15) is 0 Å². The van der Waals surface area contributed by atoms with Crippen molar-refractivity contribution in [1.82, 2.24) is 9.55 Å². The third kappa shape index (κ3) is 1.62. The molecule has 1 atom stereocenters. The first-order valence-corrected chi connectivity index (χ1v) is 6.43. The van der Waals surface area contributed by atoms with E-state index in [4.69, 9.17) is 4.98 Å². The molecule has 0 bridgehead atoms. The molecule has 1 unspecified atom stereocenters. The van der Waals surface area contributed by atoms with Gasteiger partial charge < -0.3 is 9.47 Å². The third-order valence-electron chi connectivity index (χ3n) is 3.94. The van der Waals surface area contributed by atoms with Crippen LogP contribution in [-0.2, 0) is 6.54 Å². The molecule has 1 aromatic rings. The van der Waals surface area contributed by atoms with Crippen LogP contribution < -0.4 is 4.90 Å². The Morgan fingerprint density at radius 3 is 2.62 bits per heavy atom. The highest BCUT2D eigenvalue weighted by molar-refractivity contribution is 5.35. The monoisotopic (exact) mass is 219 g/mol. The van der Waals surface area contributed by atoms with Crippen LogP contribution in [0.1, 0.15) is 38.3 Å². The fraction of sp³-hybridized carbons (Fsp3) is 0.769. The Bertz CT molecular complexity index is 390. The van der Waals surface area contributed by atoms with Crippen molar-refractivity contribution in [2.24, 2.45) is 11.8 Å². The van der Waals surface area contributed by atoms with E-state index in [1.54, 1.807) is 0 Å². The van der Waals surface area contributed by atoms with Crippen LogP contribution in [0.25, 0.3) is 0 Å². The van der Waals surface area contributed by atoms with Gasteiger partial charge in [0.05, 0.1) is 5.69 Å². The zero-order valence-electron chi connectivity index (χ0n) is 10.5. The van der Waals surface area contributed by atoms with Gasteiger partial charge in [-0.05, 0) is 30.6 Å². The fourth-order valence-electron chi connectivity index (χ4n) is 2.75. The fourth-order valence-corrected chi connectivity index (χ4v) is 2.75. The lowest BCUT2D eigenvalue weighted by molar-refractivity contribution is 0.369. The minimum Gasteiger partial charge on any atom is -0.345 e. The number of aromatic nitrogens is 2. The molecule has 3 rings (SSSR count). The van der Waals surface area contributed by atoms with Gasteiger partial charge in [0, 0.05) is 26.3 Å². The third-order valence-corrected chi connectivity index (χ3v) is 3.94. The van der Waals surface area contributed by atoms with Crippen LogP contribution in [0.3, 0.4) is 0 Å². The number of nitrogens with zero attached hydrogens (tertiary/aromatic N) is 3. The average molecular weight is 219 g/mol. The predicted molar refractivity (Wildman–Crippen MR) is 65.8 cm³/mol. The van der Waals surface area contributed by atoms with Crippen molar-refractivity contribution < 1.29 is 0 Å². The highest BCUT2D eigenvalue weighted by Gasteiger charge is 2.35. The van der Waals surface area contributed by atoms with Crippen LogP contribution in [0.2, 0.25) is 0 Å². The van der Waals surface area contributed by atoms with Gasteiger partial charge in [-0.25, -0.2) is 4.98 Å². The normalized spacial score (nSPS) is 25.0. The number of imidazole rings is 1. The molecule has 1 aliphatic carbocycles. The standard InChI is InChI=1S/C13H21N3/c1-9(2)12-8-16-7-11(10-4-5-10)6-15(3)13(16)14-12/h8-11H,4-7H2,1-3H3. The second kappa shape index (κ2) is 3.51. The first kappa shape index (κ1) is 10.2. The Morgan fingerprint density at radius 1 is 1.25 bits per heavy atom. The van der Waals surface area contributed by atoms with Crippen LogP contribution in [0, 0.1) is 11.8 Å². The van der Waals surface area contributed by atoms with Crippen LogP contribution in [0.15, 0.2) is 6.20 Å². The summed E-state index contributed by atoms with van der Waals surface area (Å²) in [6, 6.07) is 0. The maximum Gasteiger partial charge on any atom is 0.205 e. The lowest BCUT2D eigenvalue weighted by atomic mass is 10.0. The molecule has 0 aromatic carbocycles. The number of rotatable bonds is 2. The highest BCUT2D eigenvalue weighted by atomic mass is 15.3. The number of anilines is 1. The number of hydrogen-bond acceptors (Lipinski definition) is 2. The SMILES string of the molecule is CC(C)c1cn2c(n1)N(C)CC(C1CC1)C2. The molecular weight excluding hydrogens is 198 g/mol. The van der Waals surface area contributed by atoms with Crippen LogP contribution >= 0.6 is 0 Å². The van der Waals surface area contributed by atoms with Crippen molar-refractivity contribution in [3.05, 3.63) is 11.9 Å². The van der Waals surface area contributed by atoms with E-state index >= 15 is 0 Å². The summed E-state index contributed by atoms with van der Waals surface area (Å²) in [5.74, 6) is 3.54. The summed E-state index contributed by atoms with van der Waals surface area (Å²) in [5.41, 5.74) is 1.23. The molecule has 1 aliphatic heterocycles. The molecule has 3 heteroatoms. The molecule has 1 fully saturated rings. The molecule has 2 aliphatic rings. The van der Waals surface area contributed by atoms with Crippen molar-refractivity contribution in [3.63, 3.8) is 0 Å². The minimum absolute atomic E-state index is 0.533. The molecule has 1 saturated carbocycles. The van der Waals surface area contributed by atoms with E-state index < -0.39 is 0 Å². The van der Waals surface area contributed by atoms with E-state index in [1.807, 2.05) is 0 Å². The first-order valence-electron chi connectivity index (χ1n) is 6.43. The molecule has 0 spiro atoms. The molecule has 3 nitrogen and oxygen atoms in total. The van der Waals surface area contributed by atoms with Gasteiger partial charge in [-0.15, -0.1) is 0 Å². The van der Waals surface area contributed by atoms with E-state index in [1.165, 1.54) is 37.6 Å². The molecule has 0 radical (unpaired) electrons. The van der Waals surface area contributed by atoms with Crippen LogP contribution in [0.5, 0.6) is 0 Å². The van der Waals surface area contributed by atoms with Gasteiger partial charge in [-0.1, -0.05) is 13.8 Å². The summed E-state index contributed by atoms with van der Waals surface area (Å²) in [6.07, 6.45) is 5.14. The van der Waals surface area contributed by atoms with Crippen molar-refractivity contribution in [1.29, 1.82) is 0 Å². The molecule has 0 saturated heterocycles. The summed E-state index contributed by atoms with van der Waals surface area (Å²) in [4.78, 5) is 7.07. The van der Waals surface area contributed by atoms with Gasteiger partial charge in [0.15, 0.2) is 0 Å². The van der Waals surface area contributed by atoms with Crippen LogP contribution in [-0.4, -0.2) is 23.1 Å². The molecule has 2 heterocycles. The summed E-state index contributed by atoms with van der Waals surface area (Å²) in [5, 5.41) is 0.